The molecule has 0 spiro atoms. The summed E-state index contributed by atoms with van der Waals surface area (Å²) in [6.07, 6.45) is 0.654. The number of nitrogens with two attached hydrogens (primary N) is 1. The van der Waals surface area contributed by atoms with E-state index in [1.807, 2.05) is 12.1 Å². The minimum absolute atomic E-state index is 0.284. The quantitative estimate of drug-likeness (QED) is 0.684. The van der Waals surface area contributed by atoms with Crippen LogP contribution in [-0.4, -0.2) is 24.7 Å². The molecule has 0 aliphatic carbocycles. The predicted molar refractivity (Wildman–Crippen MR) is 60.7 cm³/mol. The smallest absolute Gasteiger partial charge is 0.0912 e. The van der Waals surface area contributed by atoms with E-state index < -0.39 is 6.10 Å². The summed E-state index contributed by atoms with van der Waals surface area (Å²) in [5.74, 6) is 0.593. The van der Waals surface area contributed by atoms with Gasteiger partial charge in [0, 0.05) is 13.1 Å². The second-order valence-corrected chi connectivity index (χ2v) is 4.11. The molecule has 1 aliphatic rings. The summed E-state index contributed by atoms with van der Waals surface area (Å²) in [5.41, 5.74) is 7.69. The van der Waals surface area contributed by atoms with E-state index in [4.69, 9.17) is 5.73 Å². The highest BCUT2D eigenvalue weighted by Crippen LogP contribution is 2.24. The second kappa shape index (κ2) is 4.75. The zero-order valence-electron chi connectivity index (χ0n) is 8.82. The number of rotatable bonds is 3. The van der Waals surface area contributed by atoms with Crippen LogP contribution in [0.4, 0.5) is 0 Å². The molecule has 1 heterocycles. The Bertz CT molecular complexity index is 321. The van der Waals surface area contributed by atoms with E-state index in [-0.39, 0.29) is 6.54 Å². The number of hydrogen-bond acceptors (Lipinski definition) is 3. The molecule has 3 nitrogen and oxygen atoms in total. The van der Waals surface area contributed by atoms with Crippen LogP contribution in [0.25, 0.3) is 0 Å². The van der Waals surface area contributed by atoms with Gasteiger partial charge in [-0.1, -0.05) is 24.3 Å². The van der Waals surface area contributed by atoms with E-state index in [0.29, 0.717) is 5.92 Å². The third kappa shape index (κ3) is 2.37. The van der Waals surface area contributed by atoms with Crippen molar-refractivity contribution in [3.63, 3.8) is 0 Å². The third-order valence-corrected chi connectivity index (χ3v) is 3.05. The van der Waals surface area contributed by atoms with Crippen LogP contribution >= 0.6 is 0 Å². The molecule has 2 rings (SSSR count). The van der Waals surface area contributed by atoms with Crippen molar-refractivity contribution in [2.24, 2.45) is 5.73 Å². The second-order valence-electron chi connectivity index (χ2n) is 4.11. The molecule has 0 saturated carbocycles. The van der Waals surface area contributed by atoms with Gasteiger partial charge in [-0.05, 0) is 30.0 Å². The van der Waals surface area contributed by atoms with Crippen LogP contribution in [-0.2, 0) is 0 Å². The first-order chi connectivity index (χ1) is 7.31. The van der Waals surface area contributed by atoms with E-state index >= 15 is 0 Å². The number of hydrogen-bond donors (Lipinski definition) is 3. The molecule has 1 saturated heterocycles. The summed E-state index contributed by atoms with van der Waals surface area (Å²) in [6.45, 7) is 2.42. The molecule has 2 unspecified atom stereocenters. The highest BCUT2D eigenvalue weighted by atomic mass is 16.3. The fourth-order valence-electron chi connectivity index (χ4n) is 2.10. The zero-order valence-corrected chi connectivity index (χ0v) is 8.82. The van der Waals surface area contributed by atoms with Crippen molar-refractivity contribution >= 4 is 0 Å². The van der Waals surface area contributed by atoms with Crippen molar-refractivity contribution < 1.29 is 5.11 Å². The lowest BCUT2D eigenvalue weighted by Gasteiger charge is -2.13. The van der Waals surface area contributed by atoms with Crippen LogP contribution in [0.3, 0.4) is 0 Å². The molecule has 15 heavy (non-hydrogen) atoms. The van der Waals surface area contributed by atoms with Crippen LogP contribution < -0.4 is 11.1 Å². The molecule has 0 aromatic heterocycles. The summed E-state index contributed by atoms with van der Waals surface area (Å²) in [7, 11) is 0. The molecule has 82 valence electrons. The molecule has 0 radical (unpaired) electrons. The molecule has 4 N–H and O–H groups in total. The molecule has 1 aliphatic heterocycles. The van der Waals surface area contributed by atoms with Crippen molar-refractivity contribution in [1.29, 1.82) is 0 Å². The molecule has 3 heteroatoms. The van der Waals surface area contributed by atoms with Crippen LogP contribution in [0, 0.1) is 0 Å². The van der Waals surface area contributed by atoms with Gasteiger partial charge in [-0.25, -0.2) is 0 Å². The third-order valence-electron chi connectivity index (χ3n) is 3.05. The Labute approximate surface area is 90.3 Å². The SMILES string of the molecule is NCC(O)c1cccc(C2CCNC2)c1. The first-order valence-corrected chi connectivity index (χ1v) is 5.50. The van der Waals surface area contributed by atoms with Crippen molar-refractivity contribution in [3.8, 4) is 0 Å². The number of nitrogens with one attached hydrogen (secondary N) is 1. The maximum atomic E-state index is 9.66. The van der Waals surface area contributed by atoms with Gasteiger partial charge in [-0.15, -0.1) is 0 Å². The first kappa shape index (κ1) is 10.6. The van der Waals surface area contributed by atoms with Gasteiger partial charge in [0.1, 0.15) is 0 Å². The molecule has 0 bridgehead atoms. The predicted octanol–water partition coefficient (Wildman–Crippen LogP) is 0.756. The van der Waals surface area contributed by atoms with E-state index in [1.165, 1.54) is 12.0 Å². The molecular weight excluding hydrogens is 188 g/mol. The summed E-state index contributed by atoms with van der Waals surface area (Å²) >= 11 is 0. The van der Waals surface area contributed by atoms with Crippen molar-refractivity contribution in [1.82, 2.24) is 5.32 Å². The molecule has 2 atom stereocenters. The Kier molecular flexibility index (Phi) is 3.36. The van der Waals surface area contributed by atoms with Crippen molar-refractivity contribution in [2.75, 3.05) is 19.6 Å². The molecule has 1 fully saturated rings. The van der Waals surface area contributed by atoms with Gasteiger partial charge < -0.3 is 16.2 Å². The van der Waals surface area contributed by atoms with E-state index in [2.05, 4.69) is 17.4 Å². The van der Waals surface area contributed by atoms with Crippen molar-refractivity contribution in [3.05, 3.63) is 35.4 Å². The largest absolute Gasteiger partial charge is 0.387 e. The van der Waals surface area contributed by atoms with Crippen LogP contribution in [0.15, 0.2) is 24.3 Å². The van der Waals surface area contributed by atoms with Gasteiger partial charge in [0.15, 0.2) is 0 Å². The minimum Gasteiger partial charge on any atom is -0.387 e. The Morgan fingerprint density at radius 3 is 3.07 bits per heavy atom. The summed E-state index contributed by atoms with van der Waals surface area (Å²) in [6, 6.07) is 8.14. The van der Waals surface area contributed by atoms with E-state index in [1.54, 1.807) is 0 Å². The average Bonchev–Trinajstić information content (AvgIpc) is 2.82. The fourth-order valence-corrected chi connectivity index (χ4v) is 2.10. The summed E-state index contributed by atoms with van der Waals surface area (Å²) in [4.78, 5) is 0. The highest BCUT2D eigenvalue weighted by Gasteiger charge is 2.17. The normalized spacial score (nSPS) is 22.9. The van der Waals surface area contributed by atoms with Crippen LogP contribution in [0.2, 0.25) is 0 Å². The standard InChI is InChI=1S/C12H18N2O/c13-7-12(15)10-3-1-2-9(6-10)11-4-5-14-8-11/h1-3,6,11-12,14-15H,4-5,7-8,13H2. The maximum Gasteiger partial charge on any atom is 0.0912 e. The monoisotopic (exact) mass is 206 g/mol. The Morgan fingerprint density at radius 1 is 1.53 bits per heavy atom. The van der Waals surface area contributed by atoms with E-state index in [9.17, 15) is 5.11 Å². The lowest BCUT2D eigenvalue weighted by molar-refractivity contribution is 0.186. The first-order valence-electron chi connectivity index (χ1n) is 5.50. The van der Waals surface area contributed by atoms with E-state index in [0.717, 1.165) is 18.7 Å². The Balaban J connectivity index is 2.18. The van der Waals surface area contributed by atoms with Gasteiger partial charge in [0.05, 0.1) is 6.10 Å². The lowest BCUT2D eigenvalue weighted by Crippen LogP contribution is -2.12. The van der Waals surface area contributed by atoms with Gasteiger partial charge in [0.25, 0.3) is 0 Å². The lowest BCUT2D eigenvalue weighted by atomic mass is 9.95. The number of aliphatic hydroxyl groups is 1. The number of aliphatic hydroxyl groups excluding tert-OH is 1. The average molecular weight is 206 g/mol. The number of benzene rings is 1. The molecule has 1 aromatic rings. The van der Waals surface area contributed by atoms with Gasteiger partial charge >= 0.3 is 0 Å². The molecule has 1 aromatic carbocycles. The van der Waals surface area contributed by atoms with Crippen molar-refractivity contribution in [2.45, 2.75) is 18.4 Å². The maximum absolute atomic E-state index is 9.66. The summed E-state index contributed by atoms with van der Waals surface area (Å²) < 4.78 is 0. The molecule has 0 amide bonds. The Hall–Kier alpha value is -0.900. The molecular formula is C12H18N2O. The topological polar surface area (TPSA) is 58.3 Å². The van der Waals surface area contributed by atoms with Gasteiger partial charge in [-0.2, -0.15) is 0 Å². The van der Waals surface area contributed by atoms with Crippen LogP contribution in [0.5, 0.6) is 0 Å². The Morgan fingerprint density at radius 2 is 2.40 bits per heavy atom. The fraction of sp³-hybridized carbons (Fsp3) is 0.500. The zero-order chi connectivity index (χ0) is 10.7. The minimum atomic E-state index is -0.528. The van der Waals surface area contributed by atoms with Gasteiger partial charge in [0.2, 0.25) is 0 Å². The van der Waals surface area contributed by atoms with Gasteiger partial charge in [-0.3, -0.25) is 0 Å². The van der Waals surface area contributed by atoms with Crippen LogP contribution in [0.1, 0.15) is 29.6 Å². The summed E-state index contributed by atoms with van der Waals surface area (Å²) in [5, 5.41) is 13.0. The highest BCUT2D eigenvalue weighted by molar-refractivity contribution is 5.28.